The molecule has 0 heterocycles. The number of ether oxygens (including phenoxy) is 1. The van der Waals surface area contributed by atoms with Gasteiger partial charge in [-0.1, -0.05) is 18.0 Å². The number of rotatable bonds is 5. The highest BCUT2D eigenvalue weighted by molar-refractivity contribution is 6.30. The molecule has 4 heteroatoms. The third-order valence-corrected chi connectivity index (χ3v) is 3.58. The molecule has 0 amide bonds. The van der Waals surface area contributed by atoms with E-state index in [1.54, 1.807) is 0 Å². The highest BCUT2D eigenvalue weighted by Gasteiger charge is 2.33. The van der Waals surface area contributed by atoms with Gasteiger partial charge in [0.1, 0.15) is 6.04 Å². The lowest BCUT2D eigenvalue weighted by atomic mass is 9.79. The van der Waals surface area contributed by atoms with Gasteiger partial charge in [0.05, 0.1) is 6.61 Å². The summed E-state index contributed by atoms with van der Waals surface area (Å²) in [6.07, 6.45) is 3.37. The van der Waals surface area contributed by atoms with Crippen molar-refractivity contribution in [1.82, 2.24) is 0 Å². The van der Waals surface area contributed by atoms with Gasteiger partial charge in [0.25, 0.3) is 0 Å². The van der Waals surface area contributed by atoms with E-state index in [9.17, 15) is 4.79 Å². The average Bonchev–Trinajstić information content (AvgIpc) is 2.29. The van der Waals surface area contributed by atoms with E-state index in [2.05, 4.69) is 5.32 Å². The Kier molecular flexibility index (Phi) is 4.48. The van der Waals surface area contributed by atoms with Crippen LogP contribution in [0.5, 0.6) is 0 Å². The second-order valence-electron chi connectivity index (χ2n) is 4.57. The summed E-state index contributed by atoms with van der Waals surface area (Å²) in [5, 5.41) is 3.95. The van der Waals surface area contributed by atoms with E-state index in [1.807, 2.05) is 31.2 Å². The maximum atomic E-state index is 11.9. The highest BCUT2D eigenvalue weighted by atomic mass is 35.5. The van der Waals surface area contributed by atoms with Gasteiger partial charge in [0.15, 0.2) is 0 Å². The Bertz CT molecular complexity index is 401. The minimum atomic E-state index is -0.236. The number of carbonyl (C=O) groups is 1. The minimum Gasteiger partial charge on any atom is -0.464 e. The molecule has 2 rings (SSSR count). The Balaban J connectivity index is 2.04. The van der Waals surface area contributed by atoms with Crippen molar-refractivity contribution in [3.8, 4) is 0 Å². The molecule has 1 unspecified atom stereocenters. The normalized spacial score (nSPS) is 16.8. The van der Waals surface area contributed by atoms with E-state index in [4.69, 9.17) is 16.3 Å². The molecule has 0 bridgehead atoms. The van der Waals surface area contributed by atoms with Crippen LogP contribution < -0.4 is 5.32 Å². The molecule has 1 saturated carbocycles. The summed E-state index contributed by atoms with van der Waals surface area (Å²) in [6.45, 7) is 2.25. The Morgan fingerprint density at radius 2 is 2.11 bits per heavy atom. The first-order chi connectivity index (χ1) is 8.70. The summed E-state index contributed by atoms with van der Waals surface area (Å²) < 4.78 is 5.13. The Morgan fingerprint density at radius 3 is 2.61 bits per heavy atom. The largest absolute Gasteiger partial charge is 0.464 e. The van der Waals surface area contributed by atoms with Crippen molar-refractivity contribution in [2.45, 2.75) is 32.2 Å². The first-order valence-electron chi connectivity index (χ1n) is 6.39. The van der Waals surface area contributed by atoms with E-state index in [0.717, 1.165) is 18.5 Å². The molecule has 0 radical (unpaired) electrons. The molecule has 98 valence electrons. The zero-order chi connectivity index (χ0) is 13.0. The summed E-state index contributed by atoms with van der Waals surface area (Å²) in [5.74, 6) is 0.233. The van der Waals surface area contributed by atoms with Crippen LogP contribution in [0.15, 0.2) is 24.3 Å². The van der Waals surface area contributed by atoms with Crippen molar-refractivity contribution in [1.29, 1.82) is 0 Å². The lowest BCUT2D eigenvalue weighted by molar-refractivity contribution is -0.146. The van der Waals surface area contributed by atoms with Gasteiger partial charge < -0.3 is 10.1 Å². The molecule has 1 fully saturated rings. The average molecular weight is 268 g/mol. The lowest BCUT2D eigenvalue weighted by Gasteiger charge is -2.33. The summed E-state index contributed by atoms with van der Waals surface area (Å²) in [5.41, 5.74) is 0.907. The van der Waals surface area contributed by atoms with Gasteiger partial charge in [-0.3, -0.25) is 0 Å². The number of esters is 1. The topological polar surface area (TPSA) is 38.3 Å². The van der Waals surface area contributed by atoms with Crippen LogP contribution in [0.4, 0.5) is 5.69 Å². The molecule has 1 N–H and O–H groups in total. The van der Waals surface area contributed by atoms with E-state index >= 15 is 0 Å². The van der Waals surface area contributed by atoms with Gasteiger partial charge in [0.2, 0.25) is 0 Å². The fourth-order valence-corrected chi connectivity index (χ4v) is 2.23. The summed E-state index contributed by atoms with van der Waals surface area (Å²) in [6, 6.07) is 7.15. The third kappa shape index (κ3) is 3.16. The maximum Gasteiger partial charge on any atom is 0.328 e. The summed E-state index contributed by atoms with van der Waals surface area (Å²) >= 11 is 5.84. The van der Waals surface area contributed by atoms with Gasteiger partial charge >= 0.3 is 5.97 Å². The van der Waals surface area contributed by atoms with Crippen LogP contribution in [0, 0.1) is 5.92 Å². The number of hydrogen-bond donors (Lipinski definition) is 1. The Morgan fingerprint density at radius 1 is 1.44 bits per heavy atom. The number of benzene rings is 1. The minimum absolute atomic E-state index is 0.155. The zero-order valence-electron chi connectivity index (χ0n) is 10.5. The predicted octanol–water partition coefficient (Wildman–Crippen LogP) is 3.48. The molecule has 1 aromatic carbocycles. The molecular formula is C14H18ClNO2. The molecular weight excluding hydrogens is 250 g/mol. The standard InChI is InChI=1S/C14H18ClNO2/c1-2-18-14(17)13(10-4-3-5-10)16-12-8-6-11(15)7-9-12/h6-10,13,16H,2-5H2,1H3. The molecule has 3 nitrogen and oxygen atoms in total. The SMILES string of the molecule is CCOC(=O)C(Nc1ccc(Cl)cc1)C1CCC1. The number of carbonyl (C=O) groups excluding carboxylic acids is 1. The Labute approximate surface area is 112 Å². The first-order valence-corrected chi connectivity index (χ1v) is 6.77. The second-order valence-corrected chi connectivity index (χ2v) is 5.01. The van der Waals surface area contributed by atoms with Gasteiger partial charge in [0, 0.05) is 10.7 Å². The molecule has 1 aliphatic rings. The van der Waals surface area contributed by atoms with Gasteiger partial charge in [-0.15, -0.1) is 0 Å². The van der Waals surface area contributed by atoms with Crippen molar-refractivity contribution in [2.75, 3.05) is 11.9 Å². The van der Waals surface area contributed by atoms with Crippen molar-refractivity contribution < 1.29 is 9.53 Å². The van der Waals surface area contributed by atoms with Crippen molar-refractivity contribution >= 4 is 23.3 Å². The van der Waals surface area contributed by atoms with Crippen LogP contribution in [-0.4, -0.2) is 18.6 Å². The fourth-order valence-electron chi connectivity index (χ4n) is 2.10. The quantitative estimate of drug-likeness (QED) is 0.830. The predicted molar refractivity (Wildman–Crippen MR) is 72.8 cm³/mol. The van der Waals surface area contributed by atoms with Crippen LogP contribution in [0.2, 0.25) is 5.02 Å². The van der Waals surface area contributed by atoms with Crippen LogP contribution in [0.25, 0.3) is 0 Å². The zero-order valence-corrected chi connectivity index (χ0v) is 11.2. The van der Waals surface area contributed by atoms with Crippen molar-refractivity contribution in [3.05, 3.63) is 29.3 Å². The van der Waals surface area contributed by atoms with Crippen LogP contribution in [0.1, 0.15) is 26.2 Å². The lowest BCUT2D eigenvalue weighted by Crippen LogP contribution is -2.41. The smallest absolute Gasteiger partial charge is 0.328 e. The monoisotopic (exact) mass is 267 g/mol. The van der Waals surface area contributed by atoms with E-state index in [0.29, 0.717) is 17.5 Å². The Hall–Kier alpha value is -1.22. The number of hydrogen-bond acceptors (Lipinski definition) is 3. The van der Waals surface area contributed by atoms with Crippen molar-refractivity contribution in [3.63, 3.8) is 0 Å². The van der Waals surface area contributed by atoms with Crippen LogP contribution >= 0.6 is 11.6 Å². The van der Waals surface area contributed by atoms with Gasteiger partial charge in [-0.05, 0) is 49.9 Å². The molecule has 1 atom stereocenters. The molecule has 1 aromatic rings. The van der Waals surface area contributed by atoms with E-state index in [1.165, 1.54) is 6.42 Å². The molecule has 0 aliphatic heterocycles. The van der Waals surface area contributed by atoms with Crippen LogP contribution in [-0.2, 0) is 9.53 Å². The van der Waals surface area contributed by atoms with Crippen molar-refractivity contribution in [2.24, 2.45) is 5.92 Å². The first kappa shape index (κ1) is 13.2. The number of nitrogens with one attached hydrogen (secondary N) is 1. The van der Waals surface area contributed by atoms with Gasteiger partial charge in [-0.25, -0.2) is 4.79 Å². The molecule has 0 aromatic heterocycles. The third-order valence-electron chi connectivity index (χ3n) is 3.33. The number of halogens is 1. The second kappa shape index (κ2) is 6.10. The van der Waals surface area contributed by atoms with Gasteiger partial charge in [-0.2, -0.15) is 0 Å². The molecule has 0 spiro atoms. The van der Waals surface area contributed by atoms with E-state index in [-0.39, 0.29) is 12.0 Å². The van der Waals surface area contributed by atoms with E-state index < -0.39 is 0 Å². The summed E-state index contributed by atoms with van der Waals surface area (Å²) in [4.78, 5) is 11.9. The number of anilines is 1. The molecule has 18 heavy (non-hydrogen) atoms. The highest BCUT2D eigenvalue weighted by Crippen LogP contribution is 2.32. The summed E-state index contributed by atoms with van der Waals surface area (Å²) in [7, 11) is 0. The van der Waals surface area contributed by atoms with Crippen LogP contribution in [0.3, 0.4) is 0 Å². The molecule has 0 saturated heterocycles. The fraction of sp³-hybridized carbons (Fsp3) is 0.500. The maximum absolute atomic E-state index is 11.9. The molecule has 1 aliphatic carbocycles.